The molecule has 0 aliphatic rings. The van der Waals surface area contributed by atoms with Gasteiger partial charge in [0, 0.05) is 33.5 Å². The number of rotatable bonds is 12. The van der Waals surface area contributed by atoms with Crippen LogP contribution in [0.3, 0.4) is 0 Å². The fraction of sp³-hybridized carbons (Fsp3) is 0.364. The monoisotopic (exact) mass is 513 g/mol. The zero-order valence-corrected chi connectivity index (χ0v) is 23.1. The maximum atomic E-state index is 13.7. The van der Waals surface area contributed by atoms with Gasteiger partial charge >= 0.3 is 0 Å². The molecule has 0 bridgehead atoms. The molecular formula is C33H40FN3O. The number of carbonyl (C=O) groups excluding carboxylic acids is 1. The Labute approximate surface area is 226 Å². The first kappa shape index (κ1) is 27.4. The molecule has 0 saturated heterocycles. The number of nitrogens with one attached hydrogen (secondary N) is 3. The summed E-state index contributed by atoms with van der Waals surface area (Å²) in [5.74, 6) is 0.226. The Morgan fingerprint density at radius 2 is 1.68 bits per heavy atom. The molecule has 4 rings (SSSR count). The summed E-state index contributed by atoms with van der Waals surface area (Å²) < 4.78 is 13.7. The molecule has 200 valence electrons. The fourth-order valence-electron chi connectivity index (χ4n) is 5.24. The van der Waals surface area contributed by atoms with Gasteiger partial charge in [-0.2, -0.15) is 0 Å². The minimum atomic E-state index is -0.230. The number of carbonyl (C=O) groups is 1. The van der Waals surface area contributed by atoms with Gasteiger partial charge in [0.15, 0.2) is 0 Å². The van der Waals surface area contributed by atoms with Gasteiger partial charge in [0.1, 0.15) is 5.82 Å². The number of halogens is 1. The molecular weight excluding hydrogens is 473 g/mol. The van der Waals surface area contributed by atoms with Gasteiger partial charge in [-0.05, 0) is 91.3 Å². The SMILES string of the molecule is CCCCC(CCC)c1ccc(C(=O)Nc2c(CC)[nH]c3cc(Nc4ccc(F)cc4CC)ccc23)cc1. The minimum absolute atomic E-state index is 0.103. The van der Waals surface area contributed by atoms with Crippen molar-refractivity contribution in [3.63, 3.8) is 0 Å². The molecule has 0 saturated carbocycles. The van der Waals surface area contributed by atoms with E-state index in [1.54, 1.807) is 12.1 Å². The van der Waals surface area contributed by atoms with Gasteiger partial charge in [-0.25, -0.2) is 4.39 Å². The van der Waals surface area contributed by atoms with Crippen molar-refractivity contribution < 1.29 is 9.18 Å². The zero-order valence-electron chi connectivity index (χ0n) is 23.1. The maximum Gasteiger partial charge on any atom is 0.255 e. The van der Waals surface area contributed by atoms with Crippen molar-refractivity contribution >= 4 is 33.9 Å². The Morgan fingerprint density at radius 3 is 2.37 bits per heavy atom. The second-order valence-corrected chi connectivity index (χ2v) is 10.1. The first-order valence-electron chi connectivity index (χ1n) is 14.1. The number of amides is 1. The van der Waals surface area contributed by atoms with Crippen molar-refractivity contribution in [2.24, 2.45) is 0 Å². The molecule has 0 spiro atoms. The van der Waals surface area contributed by atoms with Crippen molar-refractivity contribution in [2.45, 2.75) is 78.6 Å². The molecule has 3 N–H and O–H groups in total. The third-order valence-electron chi connectivity index (χ3n) is 7.38. The molecule has 1 heterocycles. The molecule has 1 amide bonds. The number of aromatic amines is 1. The molecule has 38 heavy (non-hydrogen) atoms. The van der Waals surface area contributed by atoms with E-state index in [1.165, 1.54) is 37.3 Å². The highest BCUT2D eigenvalue weighted by atomic mass is 19.1. The lowest BCUT2D eigenvalue weighted by Crippen LogP contribution is -2.13. The number of unbranched alkanes of at least 4 members (excludes halogenated alkanes) is 1. The average molecular weight is 514 g/mol. The molecule has 3 aromatic carbocycles. The van der Waals surface area contributed by atoms with Crippen LogP contribution in [-0.4, -0.2) is 10.9 Å². The summed E-state index contributed by atoms with van der Waals surface area (Å²) in [4.78, 5) is 16.7. The van der Waals surface area contributed by atoms with Gasteiger partial charge in [-0.3, -0.25) is 4.79 Å². The quantitative estimate of drug-likeness (QED) is 0.177. The number of fused-ring (bicyclic) bond motifs is 1. The van der Waals surface area contributed by atoms with E-state index in [0.717, 1.165) is 58.5 Å². The van der Waals surface area contributed by atoms with E-state index in [9.17, 15) is 9.18 Å². The van der Waals surface area contributed by atoms with Crippen molar-refractivity contribution in [3.05, 3.63) is 88.9 Å². The molecule has 4 nitrogen and oxygen atoms in total. The molecule has 0 aliphatic heterocycles. The largest absolute Gasteiger partial charge is 0.357 e. The lowest BCUT2D eigenvalue weighted by Gasteiger charge is -2.17. The van der Waals surface area contributed by atoms with Crippen LogP contribution < -0.4 is 10.6 Å². The highest BCUT2D eigenvalue weighted by Gasteiger charge is 2.16. The standard InChI is InChI=1S/C33H40FN3O/c1-5-9-11-23(10-6-2)24-12-14-25(15-13-24)33(38)37-32-28-18-17-27(21-31(28)36-29(32)8-4)35-30-19-16-26(34)20-22(30)7-3/h12-21,23,35-36H,5-11H2,1-4H3,(H,37,38). The summed E-state index contributed by atoms with van der Waals surface area (Å²) in [6.45, 7) is 8.55. The second kappa shape index (κ2) is 12.8. The zero-order chi connectivity index (χ0) is 27.1. The summed E-state index contributed by atoms with van der Waals surface area (Å²) in [6.07, 6.45) is 7.47. The van der Waals surface area contributed by atoms with Gasteiger partial charge in [-0.1, -0.05) is 59.1 Å². The first-order valence-corrected chi connectivity index (χ1v) is 14.1. The summed E-state index contributed by atoms with van der Waals surface area (Å²) >= 11 is 0. The van der Waals surface area contributed by atoms with E-state index in [1.807, 2.05) is 37.3 Å². The first-order chi connectivity index (χ1) is 18.5. The number of hydrogen-bond acceptors (Lipinski definition) is 2. The Balaban J connectivity index is 1.54. The topological polar surface area (TPSA) is 56.9 Å². The van der Waals surface area contributed by atoms with Crippen molar-refractivity contribution in [3.8, 4) is 0 Å². The number of benzene rings is 3. The predicted octanol–water partition coefficient (Wildman–Crippen LogP) is 9.50. The lowest BCUT2D eigenvalue weighted by atomic mass is 9.89. The summed E-state index contributed by atoms with van der Waals surface area (Å²) in [7, 11) is 0. The summed E-state index contributed by atoms with van der Waals surface area (Å²) in [5.41, 5.74) is 7.46. The molecule has 0 aliphatic carbocycles. The van der Waals surface area contributed by atoms with Gasteiger partial charge in [0.25, 0.3) is 5.91 Å². The smallest absolute Gasteiger partial charge is 0.255 e. The van der Waals surface area contributed by atoms with Crippen molar-refractivity contribution in [2.75, 3.05) is 10.6 Å². The predicted molar refractivity (Wildman–Crippen MR) is 158 cm³/mol. The van der Waals surface area contributed by atoms with Crippen LogP contribution in [0.2, 0.25) is 0 Å². The molecule has 1 unspecified atom stereocenters. The number of hydrogen-bond donors (Lipinski definition) is 3. The third-order valence-corrected chi connectivity index (χ3v) is 7.38. The second-order valence-electron chi connectivity index (χ2n) is 10.1. The van der Waals surface area contributed by atoms with Crippen molar-refractivity contribution in [1.82, 2.24) is 4.98 Å². The van der Waals surface area contributed by atoms with Crippen LogP contribution in [0.1, 0.15) is 92.9 Å². The van der Waals surface area contributed by atoms with Gasteiger partial charge in [0.2, 0.25) is 0 Å². The highest BCUT2D eigenvalue weighted by Crippen LogP contribution is 2.33. The Hall–Kier alpha value is -3.60. The van der Waals surface area contributed by atoms with Gasteiger partial charge in [0.05, 0.1) is 5.69 Å². The van der Waals surface area contributed by atoms with Crippen LogP contribution in [-0.2, 0) is 12.8 Å². The van der Waals surface area contributed by atoms with E-state index >= 15 is 0 Å². The van der Waals surface area contributed by atoms with Crippen LogP contribution >= 0.6 is 0 Å². The Morgan fingerprint density at radius 1 is 0.895 bits per heavy atom. The molecule has 0 fully saturated rings. The van der Waals surface area contributed by atoms with E-state index < -0.39 is 0 Å². The Kier molecular flexibility index (Phi) is 9.22. The molecule has 1 aromatic heterocycles. The number of anilines is 3. The van der Waals surface area contributed by atoms with E-state index in [4.69, 9.17) is 0 Å². The van der Waals surface area contributed by atoms with E-state index in [-0.39, 0.29) is 11.7 Å². The van der Waals surface area contributed by atoms with Gasteiger partial charge < -0.3 is 15.6 Å². The molecule has 0 radical (unpaired) electrons. The molecule has 4 aromatic rings. The van der Waals surface area contributed by atoms with Crippen LogP contribution in [0.4, 0.5) is 21.5 Å². The van der Waals surface area contributed by atoms with E-state index in [2.05, 4.69) is 48.5 Å². The summed E-state index contributed by atoms with van der Waals surface area (Å²) in [6, 6.07) is 19.0. The maximum absolute atomic E-state index is 13.7. The molecule has 1 atom stereocenters. The lowest BCUT2D eigenvalue weighted by molar-refractivity contribution is 0.102. The van der Waals surface area contributed by atoms with E-state index in [0.29, 0.717) is 11.5 Å². The Bertz CT molecular complexity index is 1370. The van der Waals surface area contributed by atoms with Crippen molar-refractivity contribution in [1.29, 1.82) is 0 Å². The highest BCUT2D eigenvalue weighted by molar-refractivity contribution is 6.10. The third kappa shape index (κ3) is 6.27. The molecule has 5 heteroatoms. The minimum Gasteiger partial charge on any atom is -0.357 e. The fourth-order valence-corrected chi connectivity index (χ4v) is 5.24. The van der Waals surface area contributed by atoms with Crippen LogP contribution in [0.15, 0.2) is 60.7 Å². The van der Waals surface area contributed by atoms with Crippen LogP contribution in [0, 0.1) is 5.82 Å². The summed E-state index contributed by atoms with van der Waals surface area (Å²) in [5, 5.41) is 7.56. The number of aromatic nitrogens is 1. The normalized spacial score (nSPS) is 12.0. The van der Waals surface area contributed by atoms with Crippen LogP contribution in [0.5, 0.6) is 0 Å². The average Bonchev–Trinajstić information content (AvgIpc) is 3.28. The van der Waals surface area contributed by atoms with Crippen LogP contribution in [0.25, 0.3) is 10.9 Å². The number of aryl methyl sites for hydroxylation is 2. The number of H-pyrrole nitrogens is 1. The van der Waals surface area contributed by atoms with Gasteiger partial charge in [-0.15, -0.1) is 0 Å².